The normalized spacial score (nSPS) is 14.5. The second-order valence-corrected chi connectivity index (χ2v) is 7.50. The standard InChI is InChI=1S/C19H27N5O2/c1-12(2)10-23-5-6-24-16(11-23)8-15(22-24)9-20-18(25)17-13(3)7-14(4)21-19(17)26/h7-8,12H,5-6,9-11H2,1-4H3,(H,20,25)(H,21,26). The lowest BCUT2D eigenvalue weighted by Gasteiger charge is -2.28. The Morgan fingerprint density at radius 3 is 2.77 bits per heavy atom. The Morgan fingerprint density at radius 2 is 2.08 bits per heavy atom. The molecule has 3 rings (SSSR count). The Hall–Kier alpha value is -2.41. The van der Waals surface area contributed by atoms with E-state index in [9.17, 15) is 9.59 Å². The number of H-pyrrole nitrogens is 1. The number of fused-ring (bicyclic) bond motifs is 1. The first kappa shape index (κ1) is 18.4. The van der Waals surface area contributed by atoms with E-state index < -0.39 is 0 Å². The number of aryl methyl sites for hydroxylation is 2. The fourth-order valence-corrected chi connectivity index (χ4v) is 3.53. The van der Waals surface area contributed by atoms with E-state index in [-0.39, 0.29) is 17.0 Å². The van der Waals surface area contributed by atoms with Crippen molar-refractivity contribution in [3.8, 4) is 0 Å². The quantitative estimate of drug-likeness (QED) is 0.851. The number of nitrogens with zero attached hydrogens (tertiary/aromatic N) is 3. The first-order chi connectivity index (χ1) is 12.3. The van der Waals surface area contributed by atoms with Crippen LogP contribution in [0.4, 0.5) is 0 Å². The highest BCUT2D eigenvalue weighted by Crippen LogP contribution is 2.15. The number of hydrogen-bond acceptors (Lipinski definition) is 4. The molecule has 0 unspecified atom stereocenters. The number of nitrogens with one attached hydrogen (secondary N) is 2. The minimum absolute atomic E-state index is 0.169. The van der Waals surface area contributed by atoms with Crippen molar-refractivity contribution in [2.45, 2.75) is 47.3 Å². The second kappa shape index (κ2) is 7.45. The summed E-state index contributed by atoms with van der Waals surface area (Å²) in [5.41, 5.74) is 3.23. The van der Waals surface area contributed by atoms with Crippen LogP contribution in [-0.4, -0.2) is 38.7 Å². The van der Waals surface area contributed by atoms with Crippen LogP contribution in [0, 0.1) is 19.8 Å². The van der Waals surface area contributed by atoms with Gasteiger partial charge in [-0.3, -0.25) is 19.2 Å². The lowest BCUT2D eigenvalue weighted by molar-refractivity contribution is 0.0948. The predicted octanol–water partition coefficient (Wildman–Crippen LogP) is 1.59. The lowest BCUT2D eigenvalue weighted by atomic mass is 10.1. The van der Waals surface area contributed by atoms with Gasteiger partial charge in [0.15, 0.2) is 0 Å². The Balaban J connectivity index is 1.66. The van der Waals surface area contributed by atoms with Crippen LogP contribution in [0.1, 0.15) is 46.9 Å². The monoisotopic (exact) mass is 357 g/mol. The average Bonchev–Trinajstić information content (AvgIpc) is 2.93. The van der Waals surface area contributed by atoms with Crippen LogP contribution in [0.25, 0.3) is 0 Å². The molecule has 0 radical (unpaired) electrons. The molecule has 0 aliphatic carbocycles. The highest BCUT2D eigenvalue weighted by atomic mass is 16.2. The SMILES string of the molecule is Cc1cc(C)c(C(=O)NCc2cc3n(n2)CCN(CC(C)C)C3)c(=O)[nH]1. The molecule has 0 saturated carbocycles. The topological polar surface area (TPSA) is 83.0 Å². The van der Waals surface area contributed by atoms with Crippen LogP contribution >= 0.6 is 0 Å². The molecule has 7 heteroatoms. The summed E-state index contributed by atoms with van der Waals surface area (Å²) >= 11 is 0. The maximum absolute atomic E-state index is 12.4. The molecule has 26 heavy (non-hydrogen) atoms. The molecule has 1 amide bonds. The first-order valence-electron chi connectivity index (χ1n) is 9.10. The molecule has 0 atom stereocenters. The molecule has 140 valence electrons. The molecule has 0 spiro atoms. The van der Waals surface area contributed by atoms with Crippen LogP contribution in [0.5, 0.6) is 0 Å². The maximum atomic E-state index is 12.4. The summed E-state index contributed by atoms with van der Waals surface area (Å²) in [5, 5.41) is 7.40. The number of rotatable bonds is 5. The van der Waals surface area contributed by atoms with Gasteiger partial charge in [-0.25, -0.2) is 0 Å². The van der Waals surface area contributed by atoms with E-state index in [4.69, 9.17) is 0 Å². The molecular weight excluding hydrogens is 330 g/mol. The van der Waals surface area contributed by atoms with Gasteiger partial charge in [0, 0.05) is 25.3 Å². The molecule has 0 bridgehead atoms. The number of pyridine rings is 1. The fourth-order valence-electron chi connectivity index (χ4n) is 3.53. The van der Waals surface area contributed by atoms with Gasteiger partial charge in [0.25, 0.3) is 11.5 Å². The third-order valence-electron chi connectivity index (χ3n) is 4.57. The van der Waals surface area contributed by atoms with Gasteiger partial charge in [0.05, 0.1) is 24.5 Å². The van der Waals surface area contributed by atoms with Gasteiger partial charge >= 0.3 is 0 Å². The van der Waals surface area contributed by atoms with Gasteiger partial charge in [0.2, 0.25) is 0 Å². The Labute approximate surface area is 153 Å². The van der Waals surface area contributed by atoms with Crippen LogP contribution < -0.4 is 10.9 Å². The van der Waals surface area contributed by atoms with E-state index in [2.05, 4.69) is 34.1 Å². The number of carbonyl (C=O) groups is 1. The van der Waals surface area contributed by atoms with Gasteiger partial charge in [-0.05, 0) is 37.5 Å². The van der Waals surface area contributed by atoms with Crippen molar-refractivity contribution >= 4 is 5.91 Å². The van der Waals surface area contributed by atoms with Crippen molar-refractivity contribution in [1.82, 2.24) is 25.0 Å². The van der Waals surface area contributed by atoms with Crippen LogP contribution in [-0.2, 0) is 19.6 Å². The lowest BCUT2D eigenvalue weighted by Crippen LogP contribution is -2.36. The Bertz CT molecular complexity index is 865. The van der Waals surface area contributed by atoms with Crippen molar-refractivity contribution in [1.29, 1.82) is 0 Å². The van der Waals surface area contributed by atoms with E-state index in [1.807, 2.05) is 10.7 Å². The van der Waals surface area contributed by atoms with Crippen molar-refractivity contribution in [3.63, 3.8) is 0 Å². The molecule has 1 aliphatic rings. The number of carbonyl (C=O) groups excluding carboxylic acids is 1. The second-order valence-electron chi connectivity index (χ2n) is 7.50. The van der Waals surface area contributed by atoms with Crippen molar-refractivity contribution in [2.24, 2.45) is 5.92 Å². The maximum Gasteiger partial charge on any atom is 0.261 e. The highest BCUT2D eigenvalue weighted by Gasteiger charge is 2.20. The summed E-state index contributed by atoms with van der Waals surface area (Å²) < 4.78 is 2.02. The number of aromatic nitrogens is 3. The summed E-state index contributed by atoms with van der Waals surface area (Å²) in [7, 11) is 0. The summed E-state index contributed by atoms with van der Waals surface area (Å²) in [6, 6.07) is 3.84. The summed E-state index contributed by atoms with van der Waals surface area (Å²) in [6.45, 7) is 12.2. The molecule has 2 aromatic heterocycles. The molecule has 1 aliphatic heterocycles. The molecule has 2 N–H and O–H groups in total. The molecule has 0 saturated heterocycles. The summed E-state index contributed by atoms with van der Waals surface area (Å²) in [4.78, 5) is 29.6. The predicted molar refractivity (Wildman–Crippen MR) is 100 cm³/mol. The number of amides is 1. The molecule has 0 aromatic carbocycles. The van der Waals surface area contributed by atoms with E-state index in [1.165, 1.54) is 5.69 Å². The fraction of sp³-hybridized carbons (Fsp3) is 0.526. The number of hydrogen-bond donors (Lipinski definition) is 2. The molecule has 0 fully saturated rings. The Morgan fingerprint density at radius 1 is 1.31 bits per heavy atom. The minimum Gasteiger partial charge on any atom is -0.346 e. The van der Waals surface area contributed by atoms with Gasteiger partial charge < -0.3 is 10.3 Å². The number of aromatic amines is 1. The van der Waals surface area contributed by atoms with Crippen LogP contribution in [0.15, 0.2) is 16.9 Å². The molecule has 7 nitrogen and oxygen atoms in total. The van der Waals surface area contributed by atoms with Gasteiger partial charge in [-0.1, -0.05) is 13.8 Å². The van der Waals surface area contributed by atoms with Crippen LogP contribution in [0.2, 0.25) is 0 Å². The third kappa shape index (κ3) is 4.04. The zero-order valence-electron chi connectivity index (χ0n) is 15.9. The highest BCUT2D eigenvalue weighted by molar-refractivity contribution is 5.95. The van der Waals surface area contributed by atoms with E-state index in [0.29, 0.717) is 18.0 Å². The largest absolute Gasteiger partial charge is 0.346 e. The first-order valence-corrected chi connectivity index (χ1v) is 9.10. The van der Waals surface area contributed by atoms with Crippen LogP contribution in [0.3, 0.4) is 0 Å². The third-order valence-corrected chi connectivity index (χ3v) is 4.57. The molecule has 3 heterocycles. The smallest absolute Gasteiger partial charge is 0.261 e. The average molecular weight is 357 g/mol. The van der Waals surface area contributed by atoms with Crippen molar-refractivity contribution < 1.29 is 4.79 Å². The van der Waals surface area contributed by atoms with E-state index >= 15 is 0 Å². The van der Waals surface area contributed by atoms with Gasteiger partial charge in [0.1, 0.15) is 5.56 Å². The van der Waals surface area contributed by atoms with Gasteiger partial charge in [-0.15, -0.1) is 0 Å². The Kier molecular flexibility index (Phi) is 5.27. The van der Waals surface area contributed by atoms with Crippen molar-refractivity contribution in [2.75, 3.05) is 13.1 Å². The zero-order chi connectivity index (χ0) is 18.8. The summed E-state index contributed by atoms with van der Waals surface area (Å²) in [5.74, 6) is 0.273. The molecule has 2 aromatic rings. The minimum atomic E-state index is -0.365. The van der Waals surface area contributed by atoms with Gasteiger partial charge in [-0.2, -0.15) is 5.10 Å². The zero-order valence-corrected chi connectivity index (χ0v) is 15.9. The van der Waals surface area contributed by atoms with Crippen molar-refractivity contribution in [3.05, 3.63) is 50.7 Å². The van der Waals surface area contributed by atoms with E-state index in [0.717, 1.165) is 37.6 Å². The summed E-state index contributed by atoms with van der Waals surface area (Å²) in [6.07, 6.45) is 0. The molecular formula is C19H27N5O2. The van der Waals surface area contributed by atoms with E-state index in [1.54, 1.807) is 19.9 Å².